The molecule has 0 aliphatic carbocycles. The van der Waals surface area contributed by atoms with Crippen molar-refractivity contribution in [2.45, 2.75) is 13.0 Å². The Morgan fingerprint density at radius 1 is 1.28 bits per heavy atom. The lowest BCUT2D eigenvalue weighted by Gasteiger charge is -2.07. The van der Waals surface area contributed by atoms with Crippen LogP contribution < -0.4 is 5.73 Å². The molecule has 0 saturated heterocycles. The number of nitrogens with zero attached hydrogens (tertiary/aromatic N) is 2. The summed E-state index contributed by atoms with van der Waals surface area (Å²) in [6.07, 6.45) is 1.51. The molecule has 0 aliphatic heterocycles. The Balaban J connectivity index is 2.38. The number of carboxylic acid groups (broad SMARTS) is 1. The molecule has 2 aromatic rings. The lowest BCUT2D eigenvalue weighted by molar-refractivity contribution is -0.138. The van der Waals surface area contributed by atoms with Crippen molar-refractivity contribution in [2.24, 2.45) is 5.73 Å². The Morgan fingerprint density at radius 2 is 1.94 bits per heavy atom. The van der Waals surface area contributed by atoms with E-state index in [1.807, 2.05) is 31.2 Å². The molecule has 0 fully saturated rings. The van der Waals surface area contributed by atoms with Gasteiger partial charge in [0.2, 0.25) is 0 Å². The highest BCUT2D eigenvalue weighted by atomic mass is 16.4. The van der Waals surface area contributed by atoms with Gasteiger partial charge in [0.25, 0.3) is 0 Å². The van der Waals surface area contributed by atoms with E-state index in [0.717, 1.165) is 11.1 Å². The van der Waals surface area contributed by atoms with Crippen LogP contribution >= 0.6 is 0 Å². The van der Waals surface area contributed by atoms with Gasteiger partial charge >= 0.3 is 5.97 Å². The van der Waals surface area contributed by atoms with Gasteiger partial charge in [-0.2, -0.15) is 0 Å². The minimum atomic E-state index is -1.20. The summed E-state index contributed by atoms with van der Waals surface area (Å²) in [5.41, 5.74) is 8.20. The third-order valence-corrected chi connectivity index (χ3v) is 2.57. The van der Waals surface area contributed by atoms with Crippen LogP contribution in [0.4, 0.5) is 0 Å². The number of carboxylic acids is 1. The summed E-state index contributed by atoms with van der Waals surface area (Å²) < 4.78 is 0. The molecule has 0 amide bonds. The molecule has 2 rings (SSSR count). The van der Waals surface area contributed by atoms with Crippen LogP contribution in [0.25, 0.3) is 11.3 Å². The number of aliphatic carboxylic acids is 1. The van der Waals surface area contributed by atoms with E-state index in [2.05, 4.69) is 9.97 Å². The standard InChI is InChI=1S/C13H13N3O2/c1-8-2-4-9(5-3-8)10-6-7-15-12(16-10)11(14)13(17)18/h2-7,11H,14H2,1H3,(H,17,18). The first kappa shape index (κ1) is 12.2. The number of nitrogens with two attached hydrogens (primary N) is 1. The summed E-state index contributed by atoms with van der Waals surface area (Å²) in [6, 6.07) is 8.31. The quantitative estimate of drug-likeness (QED) is 0.853. The molecule has 1 aromatic carbocycles. The van der Waals surface area contributed by atoms with Crippen molar-refractivity contribution in [1.29, 1.82) is 0 Å². The van der Waals surface area contributed by atoms with Gasteiger partial charge in [-0.3, -0.25) is 4.79 Å². The van der Waals surface area contributed by atoms with E-state index in [1.54, 1.807) is 6.07 Å². The Morgan fingerprint density at radius 3 is 2.56 bits per heavy atom. The zero-order valence-electron chi connectivity index (χ0n) is 9.87. The van der Waals surface area contributed by atoms with Crippen molar-refractivity contribution in [2.75, 3.05) is 0 Å². The van der Waals surface area contributed by atoms with Crippen LogP contribution in [0.2, 0.25) is 0 Å². The number of aromatic nitrogens is 2. The van der Waals surface area contributed by atoms with Crippen molar-refractivity contribution in [3.8, 4) is 11.3 Å². The molecule has 1 unspecified atom stereocenters. The minimum Gasteiger partial charge on any atom is -0.480 e. The Hall–Kier alpha value is -2.27. The molecule has 0 bridgehead atoms. The fourth-order valence-corrected chi connectivity index (χ4v) is 1.52. The molecular weight excluding hydrogens is 230 g/mol. The smallest absolute Gasteiger partial charge is 0.328 e. The fourth-order valence-electron chi connectivity index (χ4n) is 1.52. The van der Waals surface area contributed by atoms with Crippen LogP contribution in [0.5, 0.6) is 0 Å². The summed E-state index contributed by atoms with van der Waals surface area (Å²) in [5, 5.41) is 8.83. The van der Waals surface area contributed by atoms with E-state index >= 15 is 0 Å². The number of benzene rings is 1. The topological polar surface area (TPSA) is 89.1 Å². The average molecular weight is 243 g/mol. The van der Waals surface area contributed by atoms with Crippen LogP contribution in [0, 0.1) is 6.92 Å². The summed E-state index contributed by atoms with van der Waals surface area (Å²) in [5.74, 6) is -1.03. The fraction of sp³-hybridized carbons (Fsp3) is 0.154. The first-order valence-corrected chi connectivity index (χ1v) is 5.46. The molecule has 1 aromatic heterocycles. The number of carbonyl (C=O) groups is 1. The van der Waals surface area contributed by atoms with Crippen molar-refractivity contribution >= 4 is 5.97 Å². The van der Waals surface area contributed by atoms with Crippen LogP contribution in [0.1, 0.15) is 17.4 Å². The number of hydrogen-bond donors (Lipinski definition) is 2. The normalized spacial score (nSPS) is 12.1. The van der Waals surface area contributed by atoms with Gasteiger partial charge in [-0.15, -0.1) is 0 Å². The van der Waals surface area contributed by atoms with Crippen LogP contribution in [0.15, 0.2) is 36.5 Å². The number of hydrogen-bond acceptors (Lipinski definition) is 4. The molecular formula is C13H13N3O2. The van der Waals surface area contributed by atoms with Gasteiger partial charge in [0.1, 0.15) is 0 Å². The van der Waals surface area contributed by atoms with Gasteiger partial charge in [0.05, 0.1) is 5.69 Å². The molecule has 5 nitrogen and oxygen atoms in total. The molecule has 5 heteroatoms. The average Bonchev–Trinajstić information content (AvgIpc) is 2.38. The van der Waals surface area contributed by atoms with Gasteiger partial charge in [0.15, 0.2) is 11.9 Å². The van der Waals surface area contributed by atoms with Crippen LogP contribution in [-0.4, -0.2) is 21.0 Å². The summed E-state index contributed by atoms with van der Waals surface area (Å²) >= 11 is 0. The Kier molecular flexibility index (Phi) is 3.34. The summed E-state index contributed by atoms with van der Waals surface area (Å²) in [4.78, 5) is 18.9. The SMILES string of the molecule is Cc1ccc(-c2ccnc(C(N)C(=O)O)n2)cc1. The maximum Gasteiger partial charge on any atom is 0.328 e. The van der Waals surface area contributed by atoms with Gasteiger partial charge in [-0.25, -0.2) is 9.97 Å². The summed E-state index contributed by atoms with van der Waals surface area (Å²) in [7, 11) is 0. The first-order chi connectivity index (χ1) is 8.58. The predicted octanol–water partition coefficient (Wildman–Crippen LogP) is 1.54. The monoisotopic (exact) mass is 243 g/mol. The van der Waals surface area contributed by atoms with E-state index in [1.165, 1.54) is 6.20 Å². The van der Waals surface area contributed by atoms with Gasteiger partial charge in [0, 0.05) is 11.8 Å². The maximum absolute atomic E-state index is 10.8. The lowest BCUT2D eigenvalue weighted by atomic mass is 10.1. The van der Waals surface area contributed by atoms with E-state index in [9.17, 15) is 4.79 Å². The third-order valence-electron chi connectivity index (χ3n) is 2.57. The third kappa shape index (κ3) is 2.52. The van der Waals surface area contributed by atoms with Crippen molar-refractivity contribution in [1.82, 2.24) is 9.97 Å². The Bertz CT molecular complexity index is 567. The van der Waals surface area contributed by atoms with Crippen molar-refractivity contribution < 1.29 is 9.90 Å². The van der Waals surface area contributed by atoms with Gasteiger partial charge in [-0.05, 0) is 13.0 Å². The molecule has 3 N–H and O–H groups in total. The second-order valence-corrected chi connectivity index (χ2v) is 3.98. The Labute approximate surface area is 104 Å². The maximum atomic E-state index is 10.8. The lowest BCUT2D eigenvalue weighted by Crippen LogP contribution is -2.23. The molecule has 1 heterocycles. The largest absolute Gasteiger partial charge is 0.480 e. The molecule has 0 aliphatic rings. The predicted molar refractivity (Wildman–Crippen MR) is 66.8 cm³/mol. The summed E-state index contributed by atoms with van der Waals surface area (Å²) in [6.45, 7) is 2.00. The molecule has 92 valence electrons. The van der Waals surface area contributed by atoms with E-state index in [4.69, 9.17) is 10.8 Å². The van der Waals surface area contributed by atoms with E-state index in [0.29, 0.717) is 5.69 Å². The van der Waals surface area contributed by atoms with E-state index < -0.39 is 12.0 Å². The highest BCUT2D eigenvalue weighted by Crippen LogP contribution is 2.18. The number of aryl methyl sites for hydroxylation is 1. The molecule has 0 saturated carbocycles. The minimum absolute atomic E-state index is 0.112. The van der Waals surface area contributed by atoms with Gasteiger partial charge < -0.3 is 10.8 Å². The van der Waals surface area contributed by atoms with E-state index in [-0.39, 0.29) is 5.82 Å². The highest BCUT2D eigenvalue weighted by molar-refractivity contribution is 5.74. The number of rotatable bonds is 3. The molecule has 0 spiro atoms. The second kappa shape index (κ2) is 4.93. The van der Waals surface area contributed by atoms with Crippen molar-refractivity contribution in [3.05, 3.63) is 47.9 Å². The van der Waals surface area contributed by atoms with Crippen molar-refractivity contribution in [3.63, 3.8) is 0 Å². The zero-order valence-corrected chi connectivity index (χ0v) is 9.87. The first-order valence-electron chi connectivity index (χ1n) is 5.46. The molecule has 1 atom stereocenters. The molecule has 0 radical (unpaired) electrons. The van der Waals surface area contributed by atoms with Crippen LogP contribution in [-0.2, 0) is 4.79 Å². The zero-order chi connectivity index (χ0) is 13.1. The van der Waals surface area contributed by atoms with Gasteiger partial charge in [-0.1, -0.05) is 29.8 Å². The molecule has 18 heavy (non-hydrogen) atoms. The highest BCUT2D eigenvalue weighted by Gasteiger charge is 2.17. The van der Waals surface area contributed by atoms with Crippen LogP contribution in [0.3, 0.4) is 0 Å². The second-order valence-electron chi connectivity index (χ2n) is 3.98.